The van der Waals surface area contributed by atoms with Crippen LogP contribution in [0.2, 0.25) is 0 Å². The molecule has 2 aromatic heterocycles. The Kier molecular flexibility index (Phi) is 7.53. The van der Waals surface area contributed by atoms with Gasteiger partial charge < -0.3 is 24.8 Å². The summed E-state index contributed by atoms with van der Waals surface area (Å²) in [6, 6.07) is 17.4. The zero-order valence-electron chi connectivity index (χ0n) is 21.7. The summed E-state index contributed by atoms with van der Waals surface area (Å²) in [5.74, 6) is 1.79. The molecule has 0 saturated carbocycles. The van der Waals surface area contributed by atoms with Crippen LogP contribution in [-0.4, -0.2) is 50.9 Å². The molecule has 1 aliphatic rings. The number of fused-ring (bicyclic) bond motifs is 1. The van der Waals surface area contributed by atoms with Crippen molar-refractivity contribution < 1.29 is 14.3 Å². The minimum absolute atomic E-state index is 0.195. The highest BCUT2D eigenvalue weighted by molar-refractivity contribution is 5.92. The SMILES string of the molecule is CCc1cccc(Nc2nc3cc(Oc4ccnc(C(=O)NCCCN5CCCC5=O)c4)ccc3n2C)c1. The Bertz CT molecular complexity index is 1460. The number of pyridine rings is 1. The fourth-order valence-corrected chi connectivity index (χ4v) is 4.59. The highest BCUT2D eigenvalue weighted by Gasteiger charge is 2.19. The van der Waals surface area contributed by atoms with Gasteiger partial charge in [-0.15, -0.1) is 0 Å². The van der Waals surface area contributed by atoms with E-state index < -0.39 is 0 Å². The molecule has 0 atom stereocenters. The van der Waals surface area contributed by atoms with Crippen molar-refractivity contribution in [1.82, 2.24) is 24.8 Å². The van der Waals surface area contributed by atoms with Gasteiger partial charge in [0.05, 0.1) is 11.0 Å². The van der Waals surface area contributed by atoms with Crippen molar-refractivity contribution in [2.24, 2.45) is 7.05 Å². The Morgan fingerprint density at radius 3 is 2.79 bits per heavy atom. The first-order valence-electron chi connectivity index (χ1n) is 13.0. The van der Waals surface area contributed by atoms with E-state index in [1.54, 1.807) is 18.3 Å². The molecule has 1 fully saturated rings. The minimum Gasteiger partial charge on any atom is -0.457 e. The Balaban J connectivity index is 1.22. The van der Waals surface area contributed by atoms with E-state index in [9.17, 15) is 9.59 Å². The number of carbonyl (C=O) groups excluding carboxylic acids is 2. The summed E-state index contributed by atoms with van der Waals surface area (Å²) in [6.45, 7) is 4.08. The van der Waals surface area contributed by atoms with Gasteiger partial charge in [0.15, 0.2) is 0 Å². The average molecular weight is 513 g/mol. The molecule has 9 heteroatoms. The highest BCUT2D eigenvalue weighted by Crippen LogP contribution is 2.28. The van der Waals surface area contributed by atoms with Gasteiger partial charge in [0, 0.05) is 57.1 Å². The molecule has 5 rings (SSSR count). The molecule has 0 unspecified atom stereocenters. The maximum atomic E-state index is 12.6. The minimum atomic E-state index is -0.272. The van der Waals surface area contributed by atoms with Gasteiger partial charge in [-0.05, 0) is 55.2 Å². The number of anilines is 2. The number of aryl methyl sites for hydroxylation is 2. The number of hydrogen-bond donors (Lipinski definition) is 2. The first-order valence-corrected chi connectivity index (χ1v) is 13.0. The van der Waals surface area contributed by atoms with Crippen LogP contribution in [0.3, 0.4) is 0 Å². The Morgan fingerprint density at radius 2 is 1.97 bits per heavy atom. The first-order chi connectivity index (χ1) is 18.5. The van der Waals surface area contributed by atoms with E-state index in [4.69, 9.17) is 9.72 Å². The van der Waals surface area contributed by atoms with Crippen molar-refractivity contribution in [3.63, 3.8) is 0 Å². The van der Waals surface area contributed by atoms with E-state index in [0.29, 0.717) is 37.4 Å². The molecular weight excluding hydrogens is 480 g/mol. The summed E-state index contributed by atoms with van der Waals surface area (Å²) in [5, 5.41) is 6.28. The lowest BCUT2D eigenvalue weighted by molar-refractivity contribution is -0.127. The zero-order chi connectivity index (χ0) is 26.5. The zero-order valence-corrected chi connectivity index (χ0v) is 21.7. The summed E-state index contributed by atoms with van der Waals surface area (Å²) >= 11 is 0. The van der Waals surface area contributed by atoms with Gasteiger partial charge in [0.2, 0.25) is 11.9 Å². The maximum absolute atomic E-state index is 12.6. The summed E-state index contributed by atoms with van der Waals surface area (Å²) in [6.07, 6.45) is 4.78. The summed E-state index contributed by atoms with van der Waals surface area (Å²) in [4.78, 5) is 35.1. The second-order valence-corrected chi connectivity index (χ2v) is 9.40. The normalized spacial score (nSPS) is 13.2. The predicted molar refractivity (Wildman–Crippen MR) is 147 cm³/mol. The molecule has 196 valence electrons. The van der Waals surface area contributed by atoms with Gasteiger partial charge in [-0.25, -0.2) is 4.98 Å². The van der Waals surface area contributed by atoms with Crippen LogP contribution in [0.25, 0.3) is 11.0 Å². The summed E-state index contributed by atoms with van der Waals surface area (Å²) in [7, 11) is 1.97. The Labute approximate surface area is 221 Å². The number of nitrogens with zero attached hydrogens (tertiary/aromatic N) is 4. The molecule has 0 spiro atoms. The second kappa shape index (κ2) is 11.3. The van der Waals surface area contributed by atoms with Gasteiger partial charge in [-0.1, -0.05) is 19.1 Å². The third-order valence-corrected chi connectivity index (χ3v) is 6.71. The number of amides is 2. The van der Waals surface area contributed by atoms with Gasteiger partial charge in [-0.2, -0.15) is 0 Å². The standard InChI is InChI=1S/C29H32N6O3/c1-3-20-7-4-8-21(17-20)32-29-33-24-18-22(10-11-26(24)34(29)2)38-23-12-14-30-25(19-23)28(37)31-13-6-16-35-15-5-9-27(35)36/h4,7-8,10-12,14,17-19H,3,5-6,9,13,15-16H2,1-2H3,(H,31,37)(H,32,33). The highest BCUT2D eigenvalue weighted by atomic mass is 16.5. The third kappa shape index (κ3) is 5.77. The van der Waals surface area contributed by atoms with Crippen molar-refractivity contribution in [1.29, 1.82) is 0 Å². The van der Waals surface area contributed by atoms with Crippen LogP contribution in [0.5, 0.6) is 11.5 Å². The molecule has 0 radical (unpaired) electrons. The number of nitrogens with one attached hydrogen (secondary N) is 2. The molecule has 0 aliphatic carbocycles. The Morgan fingerprint density at radius 1 is 1.11 bits per heavy atom. The third-order valence-electron chi connectivity index (χ3n) is 6.71. The van der Waals surface area contributed by atoms with Crippen LogP contribution in [0.1, 0.15) is 42.2 Å². The number of ether oxygens (including phenoxy) is 1. The monoisotopic (exact) mass is 512 g/mol. The van der Waals surface area contributed by atoms with Crippen molar-refractivity contribution in [3.8, 4) is 11.5 Å². The number of likely N-dealkylation sites (tertiary alicyclic amines) is 1. The van der Waals surface area contributed by atoms with E-state index in [-0.39, 0.29) is 17.5 Å². The lowest BCUT2D eigenvalue weighted by Crippen LogP contribution is -2.30. The molecule has 2 aromatic carbocycles. The number of rotatable bonds is 10. The number of hydrogen-bond acceptors (Lipinski definition) is 6. The number of carbonyl (C=O) groups is 2. The van der Waals surface area contributed by atoms with Gasteiger partial charge in [0.25, 0.3) is 5.91 Å². The average Bonchev–Trinajstić information content (AvgIpc) is 3.48. The van der Waals surface area contributed by atoms with Crippen LogP contribution in [-0.2, 0) is 18.3 Å². The lowest BCUT2D eigenvalue weighted by Gasteiger charge is -2.15. The van der Waals surface area contributed by atoms with Crippen LogP contribution in [0.15, 0.2) is 60.8 Å². The number of imidazole rings is 1. The van der Waals surface area contributed by atoms with Crippen molar-refractivity contribution in [3.05, 3.63) is 72.1 Å². The van der Waals surface area contributed by atoms with Gasteiger partial charge >= 0.3 is 0 Å². The summed E-state index contributed by atoms with van der Waals surface area (Å²) < 4.78 is 8.05. The molecule has 0 bridgehead atoms. The van der Waals surface area contributed by atoms with Crippen molar-refractivity contribution in [2.75, 3.05) is 25.0 Å². The van der Waals surface area contributed by atoms with Gasteiger partial charge in [0.1, 0.15) is 17.2 Å². The predicted octanol–water partition coefficient (Wildman–Crippen LogP) is 4.81. The quantitative estimate of drug-likeness (QED) is 0.296. The first kappa shape index (κ1) is 25.3. The maximum Gasteiger partial charge on any atom is 0.270 e. The van der Waals surface area contributed by atoms with E-state index >= 15 is 0 Å². The van der Waals surface area contributed by atoms with E-state index in [0.717, 1.165) is 42.1 Å². The Hall–Kier alpha value is -4.40. The molecule has 1 saturated heterocycles. The number of benzene rings is 2. The molecule has 4 aromatic rings. The fraction of sp³-hybridized carbons (Fsp3) is 0.310. The van der Waals surface area contributed by atoms with Crippen molar-refractivity contribution >= 4 is 34.5 Å². The fourth-order valence-electron chi connectivity index (χ4n) is 4.59. The second-order valence-electron chi connectivity index (χ2n) is 9.40. The van der Waals surface area contributed by atoms with Crippen molar-refractivity contribution in [2.45, 2.75) is 32.6 Å². The van der Waals surface area contributed by atoms with E-state index in [1.807, 2.05) is 46.8 Å². The molecule has 38 heavy (non-hydrogen) atoms. The molecule has 9 nitrogen and oxygen atoms in total. The van der Waals surface area contributed by atoms with Crippen LogP contribution < -0.4 is 15.4 Å². The topological polar surface area (TPSA) is 101 Å². The van der Waals surface area contributed by atoms with Crippen LogP contribution >= 0.6 is 0 Å². The van der Waals surface area contributed by atoms with Crippen LogP contribution in [0, 0.1) is 0 Å². The largest absolute Gasteiger partial charge is 0.457 e. The molecule has 3 heterocycles. The number of aromatic nitrogens is 3. The lowest BCUT2D eigenvalue weighted by atomic mass is 10.1. The molecule has 1 aliphatic heterocycles. The van der Waals surface area contributed by atoms with Crippen LogP contribution in [0.4, 0.5) is 11.6 Å². The molecular formula is C29H32N6O3. The van der Waals surface area contributed by atoms with Gasteiger partial charge in [-0.3, -0.25) is 14.6 Å². The smallest absolute Gasteiger partial charge is 0.270 e. The van der Waals surface area contributed by atoms with E-state index in [1.165, 1.54) is 5.56 Å². The molecule has 2 N–H and O–H groups in total. The van der Waals surface area contributed by atoms with E-state index in [2.05, 4.69) is 34.7 Å². The summed E-state index contributed by atoms with van der Waals surface area (Å²) in [5.41, 5.74) is 4.29. The molecule has 2 amide bonds.